The van der Waals surface area contributed by atoms with Crippen molar-refractivity contribution < 1.29 is 24.4 Å². The Morgan fingerprint density at radius 1 is 1.29 bits per heavy atom. The summed E-state index contributed by atoms with van der Waals surface area (Å²) in [5.74, 6) is 0.0437. The summed E-state index contributed by atoms with van der Waals surface area (Å²) in [6.45, 7) is 11.2. The second-order valence-corrected chi connectivity index (χ2v) is 5.45. The topological polar surface area (TPSA) is 65.0 Å². The lowest BCUT2D eigenvalue weighted by Gasteiger charge is -2.33. The third-order valence-corrected chi connectivity index (χ3v) is 2.63. The molecule has 0 spiro atoms. The van der Waals surface area contributed by atoms with Gasteiger partial charge in [0.15, 0.2) is 0 Å². The Labute approximate surface area is 103 Å². The van der Waals surface area contributed by atoms with Crippen LogP contribution in [0.5, 0.6) is 0 Å². The molecule has 102 valence electrons. The summed E-state index contributed by atoms with van der Waals surface area (Å²) < 4.78 is 4.92. The van der Waals surface area contributed by atoms with Crippen molar-refractivity contribution >= 4 is 6.16 Å². The smallest absolute Gasteiger partial charge is 0.450 e. The van der Waals surface area contributed by atoms with Crippen LogP contribution in [0.3, 0.4) is 0 Å². The lowest BCUT2D eigenvalue weighted by atomic mass is 9.89. The van der Waals surface area contributed by atoms with Gasteiger partial charge in [0, 0.05) is 0 Å². The average Bonchev–Trinajstić information content (AvgIpc) is 2.13. The second-order valence-electron chi connectivity index (χ2n) is 5.45. The van der Waals surface area contributed by atoms with Crippen LogP contribution >= 0.6 is 0 Å². The van der Waals surface area contributed by atoms with Gasteiger partial charge >= 0.3 is 6.16 Å². The highest BCUT2D eigenvalue weighted by atomic mass is 17.2. The monoisotopic (exact) mass is 248 g/mol. The van der Waals surface area contributed by atoms with Gasteiger partial charge in [0.1, 0.15) is 12.2 Å². The first-order valence-corrected chi connectivity index (χ1v) is 5.83. The van der Waals surface area contributed by atoms with E-state index in [2.05, 4.69) is 0 Å². The fourth-order valence-corrected chi connectivity index (χ4v) is 1.23. The molecule has 0 aromatic rings. The third kappa shape index (κ3) is 6.48. The number of ether oxygens (including phenoxy) is 1. The van der Waals surface area contributed by atoms with Crippen molar-refractivity contribution in [2.75, 3.05) is 6.61 Å². The number of carboxylic acid groups (broad SMARTS) is 1. The van der Waals surface area contributed by atoms with Crippen LogP contribution in [0.1, 0.15) is 48.0 Å². The first-order valence-electron chi connectivity index (χ1n) is 5.83. The summed E-state index contributed by atoms with van der Waals surface area (Å²) in [6, 6.07) is 0. The van der Waals surface area contributed by atoms with Crippen molar-refractivity contribution in [3.63, 3.8) is 0 Å². The highest BCUT2D eigenvalue weighted by Crippen LogP contribution is 2.26. The Kier molecular flexibility index (Phi) is 5.92. The van der Waals surface area contributed by atoms with Crippen molar-refractivity contribution in [3.8, 4) is 0 Å². The maximum Gasteiger partial charge on any atom is 0.506 e. The van der Waals surface area contributed by atoms with E-state index in [1.807, 2.05) is 34.6 Å². The maximum absolute atomic E-state index is 10.7. The highest BCUT2D eigenvalue weighted by Gasteiger charge is 2.36. The van der Waals surface area contributed by atoms with E-state index >= 15 is 0 Å². The van der Waals surface area contributed by atoms with Gasteiger partial charge in [-0.3, -0.25) is 0 Å². The largest absolute Gasteiger partial charge is 0.506 e. The Balaban J connectivity index is 4.44. The normalized spacial score (nSPS) is 17.3. The second kappa shape index (κ2) is 6.21. The Morgan fingerprint density at radius 3 is 2.18 bits per heavy atom. The Morgan fingerprint density at radius 2 is 1.82 bits per heavy atom. The number of hydrogen-bond donors (Lipinski definition) is 1. The zero-order chi connectivity index (χ0) is 13.7. The van der Waals surface area contributed by atoms with E-state index in [1.54, 1.807) is 6.92 Å². The molecule has 0 amide bonds. The number of carbonyl (C=O) groups is 1. The van der Waals surface area contributed by atoms with E-state index in [1.165, 1.54) is 0 Å². The molecule has 0 saturated heterocycles. The summed E-state index contributed by atoms with van der Waals surface area (Å²) in [7, 11) is 0. The van der Waals surface area contributed by atoms with Crippen LogP contribution < -0.4 is 0 Å². The van der Waals surface area contributed by atoms with Crippen molar-refractivity contribution in [3.05, 3.63) is 0 Å². The van der Waals surface area contributed by atoms with Gasteiger partial charge in [-0.15, -0.1) is 0 Å². The number of hydrogen-bond acceptors (Lipinski definition) is 4. The first-order chi connectivity index (χ1) is 7.60. The SMILES string of the molecule is CCC(C)C(C)(COOC(C)(C)C)OC(=O)O. The molecule has 0 aliphatic rings. The van der Waals surface area contributed by atoms with E-state index in [0.29, 0.717) is 0 Å². The molecule has 2 unspecified atom stereocenters. The minimum atomic E-state index is -1.30. The van der Waals surface area contributed by atoms with Crippen LogP contribution in [0.15, 0.2) is 0 Å². The summed E-state index contributed by atoms with van der Waals surface area (Å²) in [5, 5.41) is 8.73. The minimum Gasteiger partial charge on any atom is -0.450 e. The van der Waals surface area contributed by atoms with E-state index in [0.717, 1.165) is 6.42 Å². The van der Waals surface area contributed by atoms with E-state index in [-0.39, 0.29) is 12.5 Å². The van der Waals surface area contributed by atoms with Gasteiger partial charge in [-0.2, -0.15) is 0 Å². The molecule has 5 heteroatoms. The molecular formula is C12H24O5. The van der Waals surface area contributed by atoms with Crippen LogP contribution in [-0.2, 0) is 14.5 Å². The lowest BCUT2D eigenvalue weighted by molar-refractivity contribution is -0.365. The van der Waals surface area contributed by atoms with Crippen LogP contribution in [0, 0.1) is 5.92 Å². The molecule has 1 N–H and O–H groups in total. The molecule has 0 aliphatic carbocycles. The van der Waals surface area contributed by atoms with E-state index in [9.17, 15) is 4.79 Å². The predicted molar refractivity (Wildman–Crippen MR) is 63.8 cm³/mol. The molecule has 0 aromatic heterocycles. The van der Waals surface area contributed by atoms with Crippen LogP contribution in [0.2, 0.25) is 0 Å². The molecule has 2 atom stereocenters. The van der Waals surface area contributed by atoms with Gasteiger partial charge in [-0.1, -0.05) is 13.8 Å². The van der Waals surface area contributed by atoms with Crippen LogP contribution in [0.4, 0.5) is 4.79 Å². The summed E-state index contributed by atoms with van der Waals surface area (Å²) in [6.07, 6.45) is -0.505. The van der Waals surface area contributed by atoms with Gasteiger partial charge in [-0.25, -0.2) is 14.6 Å². The van der Waals surface area contributed by atoms with Crippen LogP contribution in [0.25, 0.3) is 0 Å². The van der Waals surface area contributed by atoms with Crippen LogP contribution in [-0.4, -0.2) is 29.1 Å². The molecule has 5 nitrogen and oxygen atoms in total. The quantitative estimate of drug-likeness (QED) is 0.444. The zero-order valence-corrected chi connectivity index (χ0v) is 11.6. The summed E-state index contributed by atoms with van der Waals surface area (Å²) >= 11 is 0. The number of rotatable bonds is 6. The van der Waals surface area contributed by atoms with Gasteiger partial charge in [0.05, 0.1) is 5.60 Å². The summed E-state index contributed by atoms with van der Waals surface area (Å²) in [4.78, 5) is 20.9. The molecule has 0 heterocycles. The molecule has 17 heavy (non-hydrogen) atoms. The first kappa shape index (κ1) is 16.2. The molecule has 0 radical (unpaired) electrons. The molecule has 0 fully saturated rings. The molecule has 0 bridgehead atoms. The minimum absolute atomic E-state index is 0.0437. The fraction of sp³-hybridized carbons (Fsp3) is 0.917. The standard InChI is InChI=1S/C12H24O5/c1-7-9(2)12(6,16-10(13)14)8-15-17-11(3,4)5/h9H,7-8H2,1-6H3,(H,13,14). The van der Waals surface area contributed by atoms with Gasteiger partial charge in [-0.05, 0) is 40.0 Å². The molecule has 0 rings (SSSR count). The van der Waals surface area contributed by atoms with Crippen molar-refractivity contribution in [2.45, 2.75) is 59.2 Å². The lowest BCUT2D eigenvalue weighted by Crippen LogP contribution is -2.43. The van der Waals surface area contributed by atoms with Crippen molar-refractivity contribution in [2.24, 2.45) is 5.92 Å². The maximum atomic E-state index is 10.7. The molecular weight excluding hydrogens is 224 g/mol. The van der Waals surface area contributed by atoms with Crippen molar-refractivity contribution in [1.29, 1.82) is 0 Å². The zero-order valence-electron chi connectivity index (χ0n) is 11.6. The third-order valence-electron chi connectivity index (χ3n) is 2.63. The summed E-state index contributed by atoms with van der Waals surface area (Å²) in [5.41, 5.74) is -1.33. The van der Waals surface area contributed by atoms with E-state index < -0.39 is 17.4 Å². The molecule has 0 aromatic carbocycles. The highest BCUT2D eigenvalue weighted by molar-refractivity contribution is 5.57. The van der Waals surface area contributed by atoms with E-state index in [4.69, 9.17) is 19.6 Å². The Hall–Kier alpha value is -0.810. The van der Waals surface area contributed by atoms with Crippen molar-refractivity contribution in [1.82, 2.24) is 0 Å². The van der Waals surface area contributed by atoms with Gasteiger partial charge < -0.3 is 9.84 Å². The Bertz CT molecular complexity index is 246. The fourth-order valence-electron chi connectivity index (χ4n) is 1.23. The average molecular weight is 248 g/mol. The van der Waals surface area contributed by atoms with Gasteiger partial charge in [0.2, 0.25) is 0 Å². The molecule has 0 aliphatic heterocycles. The predicted octanol–water partition coefficient (Wildman–Crippen LogP) is 3.23. The molecule has 0 saturated carbocycles. The van der Waals surface area contributed by atoms with Gasteiger partial charge in [0.25, 0.3) is 0 Å².